The molecule has 2 aliphatic rings. The maximum Gasteiger partial charge on any atom is 0.337 e. The maximum absolute atomic E-state index is 13.3. The minimum absolute atomic E-state index is 0.0348. The molecule has 154 valence electrons. The van der Waals surface area contributed by atoms with Crippen LogP contribution in [0.3, 0.4) is 0 Å². The van der Waals surface area contributed by atoms with Crippen molar-refractivity contribution in [3.63, 3.8) is 0 Å². The quantitative estimate of drug-likeness (QED) is 0.467. The summed E-state index contributed by atoms with van der Waals surface area (Å²) in [5.41, 5.74) is -3.06. The fourth-order valence-corrected chi connectivity index (χ4v) is 4.68. The van der Waals surface area contributed by atoms with Gasteiger partial charge in [-0.05, 0) is 36.5 Å². The predicted molar refractivity (Wildman–Crippen MR) is 101 cm³/mol. The number of fused-ring (bicyclic) bond motifs is 2. The van der Waals surface area contributed by atoms with Gasteiger partial charge in [0.2, 0.25) is 17.5 Å². The molecule has 2 saturated carbocycles. The molecular weight excluding hydrogens is 378 g/mol. The highest BCUT2D eigenvalue weighted by atomic mass is 16.5. The van der Waals surface area contributed by atoms with Crippen molar-refractivity contribution in [1.82, 2.24) is 0 Å². The number of Topliss-reactive ketones (excluding diaryl/α,β-unsaturated/α-hetero) is 2. The van der Waals surface area contributed by atoms with Crippen LogP contribution in [0.2, 0.25) is 0 Å². The van der Waals surface area contributed by atoms with Crippen LogP contribution in [0.15, 0.2) is 18.2 Å². The molecule has 2 fully saturated rings. The number of anilines is 1. The third kappa shape index (κ3) is 2.54. The van der Waals surface area contributed by atoms with Gasteiger partial charge in [-0.25, -0.2) is 9.59 Å². The first-order chi connectivity index (χ1) is 13.5. The second kappa shape index (κ2) is 6.50. The largest absolute Gasteiger partial charge is 0.465 e. The van der Waals surface area contributed by atoms with Crippen LogP contribution in [0.5, 0.6) is 0 Å². The summed E-state index contributed by atoms with van der Waals surface area (Å²) in [6.45, 7) is 5.24. The number of methoxy groups -OCH3 is 2. The van der Waals surface area contributed by atoms with Crippen molar-refractivity contribution in [3.8, 4) is 0 Å². The fraction of sp³-hybridized carbons (Fsp3) is 0.476. The second-order valence-electron chi connectivity index (χ2n) is 8.26. The van der Waals surface area contributed by atoms with Crippen LogP contribution < -0.4 is 5.32 Å². The monoisotopic (exact) mass is 401 g/mol. The van der Waals surface area contributed by atoms with Gasteiger partial charge in [-0.1, -0.05) is 20.8 Å². The Morgan fingerprint density at radius 2 is 1.38 bits per heavy atom. The molecule has 0 aromatic heterocycles. The smallest absolute Gasteiger partial charge is 0.337 e. The first-order valence-electron chi connectivity index (χ1n) is 9.18. The summed E-state index contributed by atoms with van der Waals surface area (Å²) in [5.74, 6) is -3.25. The van der Waals surface area contributed by atoms with E-state index in [1.165, 1.54) is 32.4 Å². The third-order valence-electron chi connectivity index (χ3n) is 6.96. The minimum atomic E-state index is -1.49. The molecule has 8 nitrogen and oxygen atoms in total. The highest BCUT2D eigenvalue weighted by Crippen LogP contribution is 2.69. The van der Waals surface area contributed by atoms with E-state index in [-0.39, 0.29) is 23.2 Å². The van der Waals surface area contributed by atoms with Gasteiger partial charge in [0.15, 0.2) is 0 Å². The molecular formula is C21H23NO7. The highest BCUT2D eigenvalue weighted by molar-refractivity contribution is 6.49. The Bertz CT molecular complexity index is 930. The molecule has 2 atom stereocenters. The van der Waals surface area contributed by atoms with Gasteiger partial charge in [0, 0.05) is 11.1 Å². The topological polar surface area (TPSA) is 116 Å². The first-order valence-corrected chi connectivity index (χ1v) is 9.18. The predicted octanol–water partition coefficient (Wildman–Crippen LogP) is 2.16. The van der Waals surface area contributed by atoms with Crippen LogP contribution in [0.25, 0.3) is 0 Å². The Labute approximate surface area is 167 Å². The SMILES string of the molecule is COC(=O)c1cc(NC(=O)[C@@]23CC[C@@](C)(C(=O)C2=O)C3(C)C)cc(C(=O)OC)c1. The van der Waals surface area contributed by atoms with Gasteiger partial charge in [-0.3, -0.25) is 14.4 Å². The molecule has 3 rings (SSSR count). The van der Waals surface area contributed by atoms with Gasteiger partial charge in [0.1, 0.15) is 5.41 Å². The Morgan fingerprint density at radius 3 is 1.79 bits per heavy atom. The number of hydrogen-bond acceptors (Lipinski definition) is 7. The molecule has 29 heavy (non-hydrogen) atoms. The van der Waals surface area contributed by atoms with Crippen LogP contribution in [-0.2, 0) is 23.9 Å². The van der Waals surface area contributed by atoms with E-state index in [1.54, 1.807) is 20.8 Å². The van der Waals surface area contributed by atoms with Crippen molar-refractivity contribution in [1.29, 1.82) is 0 Å². The van der Waals surface area contributed by atoms with E-state index in [9.17, 15) is 24.0 Å². The standard InChI is InChI=1S/C21H23NO7/c1-19(2)20(3)6-7-21(19,15(24)14(20)23)18(27)22-13-9-11(16(25)28-4)8-12(10-13)17(26)29-5/h8-10H,6-7H2,1-5H3,(H,22,27)/t20-,21+/m0/s1. The summed E-state index contributed by atoms with van der Waals surface area (Å²) in [7, 11) is 2.38. The van der Waals surface area contributed by atoms with E-state index in [0.717, 1.165) is 0 Å². The Morgan fingerprint density at radius 1 is 0.862 bits per heavy atom. The average Bonchev–Trinajstić information content (AvgIpc) is 2.97. The van der Waals surface area contributed by atoms with E-state index in [4.69, 9.17) is 0 Å². The Kier molecular flexibility index (Phi) is 4.64. The molecule has 0 aliphatic heterocycles. The van der Waals surface area contributed by atoms with Gasteiger partial charge in [-0.2, -0.15) is 0 Å². The van der Waals surface area contributed by atoms with Crippen molar-refractivity contribution in [2.75, 3.05) is 19.5 Å². The number of nitrogens with one attached hydrogen (secondary N) is 1. The number of esters is 2. The summed E-state index contributed by atoms with van der Waals surface area (Å²) in [6.07, 6.45) is 0.695. The molecule has 0 unspecified atom stereocenters. The zero-order valence-corrected chi connectivity index (χ0v) is 17.0. The Balaban J connectivity index is 2.03. The third-order valence-corrected chi connectivity index (χ3v) is 6.96. The molecule has 0 heterocycles. The number of hydrogen-bond donors (Lipinski definition) is 1. The van der Waals surface area contributed by atoms with E-state index in [2.05, 4.69) is 14.8 Å². The fourth-order valence-electron chi connectivity index (χ4n) is 4.68. The van der Waals surface area contributed by atoms with Gasteiger partial charge in [0.25, 0.3) is 0 Å². The zero-order valence-electron chi connectivity index (χ0n) is 17.0. The van der Waals surface area contributed by atoms with Crippen LogP contribution >= 0.6 is 0 Å². The first kappa shape index (κ1) is 20.7. The molecule has 0 saturated heterocycles. The molecule has 1 amide bonds. The lowest BCUT2D eigenvalue weighted by Crippen LogP contribution is -2.47. The van der Waals surface area contributed by atoms with Crippen molar-refractivity contribution < 1.29 is 33.4 Å². The number of ketones is 2. The van der Waals surface area contributed by atoms with Gasteiger partial charge < -0.3 is 14.8 Å². The average molecular weight is 401 g/mol. The lowest BCUT2D eigenvalue weighted by atomic mass is 9.64. The lowest BCUT2D eigenvalue weighted by Gasteiger charge is -2.37. The number of carbonyl (C=O) groups excluding carboxylic acids is 5. The van der Waals surface area contributed by atoms with Crippen molar-refractivity contribution >= 4 is 35.1 Å². The summed E-state index contributed by atoms with van der Waals surface area (Å²) >= 11 is 0. The van der Waals surface area contributed by atoms with Gasteiger partial charge in [-0.15, -0.1) is 0 Å². The highest BCUT2D eigenvalue weighted by Gasteiger charge is 2.77. The summed E-state index contributed by atoms with van der Waals surface area (Å²) in [6, 6.07) is 3.97. The maximum atomic E-state index is 13.3. The van der Waals surface area contributed by atoms with Crippen LogP contribution in [0.4, 0.5) is 5.69 Å². The molecule has 0 radical (unpaired) electrons. The van der Waals surface area contributed by atoms with E-state index < -0.39 is 45.7 Å². The van der Waals surface area contributed by atoms with Crippen LogP contribution in [-0.4, -0.2) is 43.6 Å². The summed E-state index contributed by atoms with van der Waals surface area (Å²) < 4.78 is 9.37. The molecule has 1 aromatic carbocycles. The van der Waals surface area contributed by atoms with Crippen molar-refractivity contribution in [3.05, 3.63) is 29.3 Å². The normalized spacial score (nSPS) is 26.9. The number of benzene rings is 1. The summed E-state index contributed by atoms with van der Waals surface area (Å²) in [5, 5.41) is 2.64. The number of rotatable bonds is 4. The van der Waals surface area contributed by atoms with E-state index >= 15 is 0 Å². The number of amides is 1. The van der Waals surface area contributed by atoms with E-state index in [0.29, 0.717) is 6.42 Å². The number of carbonyl (C=O) groups is 5. The molecule has 8 heteroatoms. The summed E-state index contributed by atoms with van der Waals surface area (Å²) in [4.78, 5) is 62.6. The molecule has 2 aliphatic carbocycles. The molecule has 1 aromatic rings. The van der Waals surface area contributed by atoms with Gasteiger partial charge >= 0.3 is 11.9 Å². The van der Waals surface area contributed by atoms with Crippen LogP contribution in [0, 0.1) is 16.2 Å². The number of ether oxygens (including phenoxy) is 2. The second-order valence-corrected chi connectivity index (χ2v) is 8.26. The Hall–Kier alpha value is -3.03. The molecule has 2 bridgehead atoms. The van der Waals surface area contributed by atoms with E-state index in [1.807, 2.05) is 0 Å². The minimum Gasteiger partial charge on any atom is -0.465 e. The van der Waals surface area contributed by atoms with Crippen molar-refractivity contribution in [2.24, 2.45) is 16.2 Å². The van der Waals surface area contributed by atoms with Gasteiger partial charge in [0.05, 0.1) is 25.3 Å². The zero-order chi connectivity index (χ0) is 21.8. The van der Waals surface area contributed by atoms with Crippen molar-refractivity contribution in [2.45, 2.75) is 33.6 Å². The van der Waals surface area contributed by atoms with Crippen LogP contribution in [0.1, 0.15) is 54.3 Å². The lowest BCUT2D eigenvalue weighted by molar-refractivity contribution is -0.147. The molecule has 0 spiro atoms. The molecule has 1 N–H and O–H groups in total.